The zero-order valence-corrected chi connectivity index (χ0v) is 6.14. The van der Waals surface area contributed by atoms with Crippen LogP contribution in [-0.2, 0) is 0 Å². The first-order valence-corrected chi connectivity index (χ1v) is 2.84. The van der Waals surface area contributed by atoms with Crippen molar-refractivity contribution < 1.29 is 31.0 Å². The molecule has 0 aliphatic carbocycles. The average molecular weight is 172 g/mol. The van der Waals surface area contributed by atoms with Gasteiger partial charge in [-0.3, -0.25) is 0 Å². The summed E-state index contributed by atoms with van der Waals surface area (Å²) in [5.41, 5.74) is 0. The second kappa shape index (κ2) is 16.4. The third-order valence-corrected chi connectivity index (χ3v) is 0.521. The largest absolute Gasteiger partial charge is 0.412 e. The maximum Gasteiger partial charge on any atom is 0.100 e. The zero-order valence-electron chi connectivity index (χ0n) is 6.14. The zero-order chi connectivity index (χ0) is 8.41. The predicted molar refractivity (Wildman–Crippen MR) is 38.0 cm³/mol. The lowest BCUT2D eigenvalue weighted by atomic mass is 10.4. The number of hydrogen-bond acceptors (Lipinski definition) is 5. The molecule has 72 valence electrons. The summed E-state index contributed by atoms with van der Waals surface area (Å²) < 4.78 is 0. The van der Waals surface area contributed by atoms with Crippen molar-refractivity contribution in [1.29, 1.82) is 0 Å². The van der Waals surface area contributed by atoms with Gasteiger partial charge in [0.15, 0.2) is 0 Å². The molecule has 0 aliphatic heterocycles. The topological polar surface area (TPSA) is 133 Å². The third kappa shape index (κ3) is 25.9. The predicted octanol–water partition coefficient (Wildman–Crippen LogP) is -3.52. The fourth-order valence-electron chi connectivity index (χ4n) is 0.0577. The summed E-state index contributed by atoms with van der Waals surface area (Å²) in [4.78, 5) is 0. The van der Waals surface area contributed by atoms with Crippen molar-refractivity contribution >= 4 is 0 Å². The normalized spacial score (nSPS) is 8.18. The fourth-order valence-corrected chi connectivity index (χ4v) is 0.0577. The van der Waals surface area contributed by atoms with Gasteiger partial charge in [0.05, 0.1) is 26.4 Å². The van der Waals surface area contributed by atoms with Gasteiger partial charge < -0.3 is 31.0 Å². The first-order chi connectivity index (χ1) is 4.72. The molecule has 7 N–H and O–H groups in total. The van der Waals surface area contributed by atoms with Crippen LogP contribution in [0.15, 0.2) is 0 Å². The molecule has 0 saturated heterocycles. The number of aliphatic hydroxyl groups is 5. The van der Waals surface area contributed by atoms with Gasteiger partial charge in [-0.1, -0.05) is 0 Å². The van der Waals surface area contributed by atoms with E-state index in [0.29, 0.717) is 0 Å². The molecule has 0 amide bonds. The first kappa shape index (κ1) is 17.0. The second-order valence-corrected chi connectivity index (χ2v) is 1.47. The summed E-state index contributed by atoms with van der Waals surface area (Å²) in [6.45, 7) is -0.979. The van der Waals surface area contributed by atoms with Crippen LogP contribution in [0.5, 0.6) is 0 Å². The van der Waals surface area contributed by atoms with E-state index >= 15 is 0 Å². The summed E-state index contributed by atoms with van der Waals surface area (Å²) in [5.74, 6) is 0. The van der Waals surface area contributed by atoms with E-state index in [-0.39, 0.29) is 31.9 Å². The Morgan fingerprint density at radius 1 is 0.818 bits per heavy atom. The minimum absolute atomic E-state index is 0. The summed E-state index contributed by atoms with van der Waals surface area (Å²) in [6, 6.07) is 0. The molecule has 0 spiro atoms. The molecule has 11 heavy (non-hydrogen) atoms. The number of aliphatic hydroxyl groups excluding tert-OH is 5. The Hall–Kier alpha value is -0.240. The van der Waals surface area contributed by atoms with Gasteiger partial charge >= 0.3 is 0 Å². The fraction of sp³-hybridized carbons (Fsp3) is 1.00. The highest BCUT2D eigenvalue weighted by Gasteiger charge is 1.93. The van der Waals surface area contributed by atoms with E-state index < -0.39 is 6.10 Å². The lowest BCUT2D eigenvalue weighted by Crippen LogP contribution is -2.15. The monoisotopic (exact) mass is 172 g/mol. The van der Waals surface area contributed by atoms with Crippen LogP contribution < -0.4 is 0 Å². The van der Waals surface area contributed by atoms with Crippen LogP contribution in [0, 0.1) is 0 Å². The molecule has 0 aromatic rings. The highest BCUT2D eigenvalue weighted by Crippen LogP contribution is 1.71. The summed E-state index contributed by atoms with van der Waals surface area (Å²) in [5, 5.41) is 39.3. The van der Waals surface area contributed by atoms with Crippen LogP contribution in [0.4, 0.5) is 0 Å². The molecule has 0 saturated carbocycles. The quantitative estimate of drug-likeness (QED) is 0.301. The van der Waals surface area contributed by atoms with Crippen molar-refractivity contribution in [1.82, 2.24) is 0 Å². The standard InChI is InChI=1S/C3H8O3.C2H6O2.H2O/c4-1-3(6)2-5;3-1-2-4;/h3-6H,1-2H2;3-4H,1-2H2;1H2. The highest BCUT2D eigenvalue weighted by atomic mass is 16.3. The molecule has 0 aromatic heterocycles. The number of hydrogen-bond donors (Lipinski definition) is 5. The molecule has 0 rings (SSSR count). The van der Waals surface area contributed by atoms with Gasteiger partial charge in [0.2, 0.25) is 0 Å². The average Bonchev–Trinajstić information content (AvgIpc) is 2.03. The van der Waals surface area contributed by atoms with E-state index in [1.165, 1.54) is 0 Å². The molecular formula is C5H16O6. The Morgan fingerprint density at radius 2 is 1.09 bits per heavy atom. The van der Waals surface area contributed by atoms with E-state index in [9.17, 15) is 0 Å². The van der Waals surface area contributed by atoms with Gasteiger partial charge in [0.25, 0.3) is 0 Å². The SMILES string of the molecule is O.OCC(O)CO.OCCO. The summed E-state index contributed by atoms with van der Waals surface area (Å²) in [6.07, 6.45) is -0.954. The summed E-state index contributed by atoms with van der Waals surface area (Å²) in [7, 11) is 0. The van der Waals surface area contributed by atoms with Crippen LogP contribution >= 0.6 is 0 Å². The Morgan fingerprint density at radius 3 is 1.09 bits per heavy atom. The lowest BCUT2D eigenvalue weighted by molar-refractivity contribution is 0.0450. The van der Waals surface area contributed by atoms with Crippen molar-refractivity contribution in [3.8, 4) is 0 Å². The van der Waals surface area contributed by atoms with Crippen molar-refractivity contribution in [3.63, 3.8) is 0 Å². The van der Waals surface area contributed by atoms with Crippen molar-refractivity contribution in [2.24, 2.45) is 0 Å². The maximum absolute atomic E-state index is 8.17. The maximum atomic E-state index is 8.17. The molecule has 0 atom stereocenters. The Labute approximate surface area is 64.7 Å². The van der Waals surface area contributed by atoms with E-state index in [1.807, 2.05) is 0 Å². The second-order valence-electron chi connectivity index (χ2n) is 1.47. The minimum atomic E-state index is -0.954. The molecule has 6 nitrogen and oxygen atoms in total. The smallest absolute Gasteiger partial charge is 0.100 e. The molecule has 0 heterocycles. The van der Waals surface area contributed by atoms with Gasteiger partial charge in [-0.25, -0.2) is 0 Å². The van der Waals surface area contributed by atoms with Crippen molar-refractivity contribution in [3.05, 3.63) is 0 Å². The first-order valence-electron chi connectivity index (χ1n) is 2.84. The van der Waals surface area contributed by atoms with E-state index in [2.05, 4.69) is 0 Å². The Bertz CT molecular complexity index is 44.2. The van der Waals surface area contributed by atoms with Crippen LogP contribution in [-0.4, -0.2) is 63.5 Å². The van der Waals surface area contributed by atoms with E-state index in [4.69, 9.17) is 25.5 Å². The lowest BCUT2D eigenvalue weighted by Gasteiger charge is -1.96. The van der Waals surface area contributed by atoms with Gasteiger partial charge in [0, 0.05) is 0 Å². The molecule has 0 bridgehead atoms. The van der Waals surface area contributed by atoms with Crippen LogP contribution in [0.2, 0.25) is 0 Å². The van der Waals surface area contributed by atoms with Crippen LogP contribution in [0.25, 0.3) is 0 Å². The highest BCUT2D eigenvalue weighted by molar-refractivity contribution is 4.43. The van der Waals surface area contributed by atoms with Gasteiger partial charge in [0.1, 0.15) is 6.10 Å². The van der Waals surface area contributed by atoms with Gasteiger partial charge in [-0.05, 0) is 0 Å². The minimum Gasteiger partial charge on any atom is -0.412 e. The van der Waals surface area contributed by atoms with Crippen molar-refractivity contribution in [2.75, 3.05) is 26.4 Å². The molecule has 6 heteroatoms. The third-order valence-electron chi connectivity index (χ3n) is 0.521. The number of rotatable bonds is 3. The van der Waals surface area contributed by atoms with Gasteiger partial charge in [-0.15, -0.1) is 0 Å². The molecule has 0 unspecified atom stereocenters. The van der Waals surface area contributed by atoms with Crippen LogP contribution in [0.1, 0.15) is 0 Å². The Balaban J connectivity index is -0.000000114. The summed E-state index contributed by atoms with van der Waals surface area (Å²) >= 11 is 0. The van der Waals surface area contributed by atoms with Crippen LogP contribution in [0.3, 0.4) is 0 Å². The molecule has 0 aliphatic rings. The molecule has 0 fully saturated rings. The van der Waals surface area contributed by atoms with E-state index in [1.54, 1.807) is 0 Å². The van der Waals surface area contributed by atoms with Gasteiger partial charge in [-0.2, -0.15) is 0 Å². The molecular weight excluding hydrogens is 156 g/mol. The van der Waals surface area contributed by atoms with E-state index in [0.717, 1.165) is 0 Å². The molecule has 0 aromatic carbocycles. The van der Waals surface area contributed by atoms with Crippen molar-refractivity contribution in [2.45, 2.75) is 6.10 Å². The Kier molecular flexibility index (Phi) is 25.4. The molecule has 0 radical (unpaired) electrons.